The van der Waals surface area contributed by atoms with Gasteiger partial charge in [-0.1, -0.05) is 6.92 Å². The van der Waals surface area contributed by atoms with Crippen LogP contribution in [0.3, 0.4) is 0 Å². The Bertz CT molecular complexity index is 254. The minimum absolute atomic E-state index is 0.938. The predicted molar refractivity (Wildman–Crippen MR) is 59.6 cm³/mol. The molecule has 0 unspecified atom stereocenters. The second-order valence-corrected chi connectivity index (χ2v) is 3.67. The van der Waals surface area contributed by atoms with Crippen LogP contribution in [-0.4, -0.2) is 41.6 Å². The molecule has 0 radical (unpaired) electrons. The maximum absolute atomic E-state index is 4.26. The van der Waals surface area contributed by atoms with Crippen LogP contribution in [0, 0.1) is 0 Å². The van der Waals surface area contributed by atoms with Gasteiger partial charge in [0.25, 0.3) is 0 Å². The summed E-state index contributed by atoms with van der Waals surface area (Å²) in [6.07, 6.45) is 4.99. The number of anilines is 1. The Morgan fingerprint density at radius 3 is 2.93 bits per heavy atom. The highest BCUT2D eigenvalue weighted by Crippen LogP contribution is 2.04. The third kappa shape index (κ3) is 3.38. The second-order valence-electron chi connectivity index (χ2n) is 3.67. The van der Waals surface area contributed by atoms with Crippen molar-refractivity contribution in [1.29, 1.82) is 0 Å². The number of hydrogen-bond donors (Lipinski definition) is 1. The van der Waals surface area contributed by atoms with Crippen LogP contribution in [0.25, 0.3) is 0 Å². The zero-order valence-electron chi connectivity index (χ0n) is 9.32. The highest BCUT2D eigenvalue weighted by Gasteiger charge is 1.99. The van der Waals surface area contributed by atoms with Crippen LogP contribution in [0.1, 0.15) is 13.3 Å². The van der Waals surface area contributed by atoms with E-state index >= 15 is 0 Å². The molecule has 0 atom stereocenters. The molecule has 0 bridgehead atoms. The summed E-state index contributed by atoms with van der Waals surface area (Å²) in [5.74, 6) is 0.980. The van der Waals surface area contributed by atoms with Crippen molar-refractivity contribution in [1.82, 2.24) is 14.5 Å². The van der Waals surface area contributed by atoms with Crippen LogP contribution in [0.4, 0.5) is 5.95 Å². The van der Waals surface area contributed by atoms with Gasteiger partial charge in [0, 0.05) is 32.0 Å². The van der Waals surface area contributed by atoms with E-state index < -0.39 is 0 Å². The van der Waals surface area contributed by atoms with E-state index in [1.807, 2.05) is 12.4 Å². The lowest BCUT2D eigenvalue weighted by molar-refractivity contribution is 0.424. The van der Waals surface area contributed by atoms with Crippen molar-refractivity contribution in [2.45, 2.75) is 19.9 Å². The van der Waals surface area contributed by atoms with Crippen molar-refractivity contribution in [3.63, 3.8) is 0 Å². The normalized spacial score (nSPS) is 10.9. The van der Waals surface area contributed by atoms with Crippen LogP contribution in [0.2, 0.25) is 0 Å². The van der Waals surface area contributed by atoms with Gasteiger partial charge in [0.2, 0.25) is 5.95 Å². The predicted octanol–water partition coefficient (Wildman–Crippen LogP) is 1.27. The van der Waals surface area contributed by atoms with E-state index in [9.17, 15) is 0 Å². The summed E-state index contributed by atoms with van der Waals surface area (Å²) in [6, 6.07) is 0. The highest BCUT2D eigenvalue weighted by atomic mass is 15.2. The van der Waals surface area contributed by atoms with E-state index in [-0.39, 0.29) is 0 Å². The molecule has 0 aliphatic carbocycles. The minimum atomic E-state index is 0.938. The summed E-state index contributed by atoms with van der Waals surface area (Å²) in [6.45, 7) is 5.17. The van der Waals surface area contributed by atoms with Gasteiger partial charge in [-0.2, -0.15) is 0 Å². The molecule has 0 aromatic carbocycles. The minimum Gasteiger partial charge on any atom is -0.354 e. The van der Waals surface area contributed by atoms with Crippen molar-refractivity contribution < 1.29 is 0 Å². The van der Waals surface area contributed by atoms with Gasteiger partial charge in [0.1, 0.15) is 0 Å². The molecule has 4 heteroatoms. The standard InChI is InChI=1S/C10H20N4/c1-4-7-14-9-6-12-10(14)11-5-8-13(2)3/h6,9H,4-5,7-8H2,1-3H3,(H,11,12). The number of likely N-dealkylation sites (N-methyl/N-ethyl adjacent to an activating group) is 1. The average Bonchev–Trinajstić information content (AvgIpc) is 2.53. The van der Waals surface area contributed by atoms with Crippen molar-refractivity contribution in [3.8, 4) is 0 Å². The molecule has 0 saturated carbocycles. The van der Waals surface area contributed by atoms with Crippen LogP contribution in [0.15, 0.2) is 12.4 Å². The smallest absolute Gasteiger partial charge is 0.202 e. The molecule has 1 aromatic heterocycles. The van der Waals surface area contributed by atoms with E-state index in [0.717, 1.165) is 32.0 Å². The number of aryl methyl sites for hydroxylation is 1. The van der Waals surface area contributed by atoms with Crippen LogP contribution in [0.5, 0.6) is 0 Å². The molecule has 0 aliphatic rings. The largest absolute Gasteiger partial charge is 0.354 e. The zero-order valence-corrected chi connectivity index (χ0v) is 9.32. The zero-order chi connectivity index (χ0) is 10.4. The van der Waals surface area contributed by atoms with Gasteiger partial charge in [-0.3, -0.25) is 0 Å². The van der Waals surface area contributed by atoms with Gasteiger partial charge in [-0.15, -0.1) is 0 Å². The van der Waals surface area contributed by atoms with Gasteiger partial charge in [-0.25, -0.2) is 4.98 Å². The molecule has 4 nitrogen and oxygen atoms in total. The summed E-state index contributed by atoms with van der Waals surface area (Å²) < 4.78 is 2.15. The topological polar surface area (TPSA) is 33.1 Å². The van der Waals surface area contributed by atoms with E-state index in [1.165, 1.54) is 0 Å². The van der Waals surface area contributed by atoms with E-state index in [2.05, 4.69) is 40.8 Å². The number of hydrogen-bond acceptors (Lipinski definition) is 3. The molecular weight excluding hydrogens is 176 g/mol. The summed E-state index contributed by atoms with van der Waals surface area (Å²) in [5, 5.41) is 3.32. The summed E-state index contributed by atoms with van der Waals surface area (Å²) in [4.78, 5) is 6.42. The number of imidazole rings is 1. The number of nitrogens with one attached hydrogen (secondary N) is 1. The Hall–Kier alpha value is -1.03. The maximum atomic E-state index is 4.26. The lowest BCUT2D eigenvalue weighted by atomic mass is 10.5. The van der Waals surface area contributed by atoms with Gasteiger partial charge in [0.15, 0.2) is 0 Å². The Morgan fingerprint density at radius 2 is 2.29 bits per heavy atom. The molecular formula is C10H20N4. The molecule has 1 heterocycles. The monoisotopic (exact) mass is 196 g/mol. The molecule has 1 N–H and O–H groups in total. The maximum Gasteiger partial charge on any atom is 0.202 e. The highest BCUT2D eigenvalue weighted by molar-refractivity contribution is 5.25. The lowest BCUT2D eigenvalue weighted by Crippen LogP contribution is -2.22. The van der Waals surface area contributed by atoms with Crippen molar-refractivity contribution in [2.24, 2.45) is 0 Å². The SMILES string of the molecule is CCCn1ccnc1NCCN(C)C. The van der Waals surface area contributed by atoms with Gasteiger partial charge in [0.05, 0.1) is 0 Å². The summed E-state index contributed by atoms with van der Waals surface area (Å²) in [7, 11) is 4.14. The first-order valence-corrected chi connectivity index (χ1v) is 5.13. The quantitative estimate of drug-likeness (QED) is 0.743. The Labute approximate surface area is 85.9 Å². The number of aromatic nitrogens is 2. The fraction of sp³-hybridized carbons (Fsp3) is 0.700. The third-order valence-electron chi connectivity index (χ3n) is 2.02. The molecule has 80 valence electrons. The first-order valence-electron chi connectivity index (χ1n) is 5.13. The Kier molecular flexibility index (Phi) is 4.46. The van der Waals surface area contributed by atoms with Crippen LogP contribution < -0.4 is 5.32 Å². The van der Waals surface area contributed by atoms with E-state index in [1.54, 1.807) is 0 Å². The first-order chi connectivity index (χ1) is 6.74. The van der Waals surface area contributed by atoms with Gasteiger partial charge in [-0.05, 0) is 20.5 Å². The fourth-order valence-electron chi connectivity index (χ4n) is 1.29. The van der Waals surface area contributed by atoms with Crippen LogP contribution >= 0.6 is 0 Å². The molecule has 1 rings (SSSR count). The molecule has 14 heavy (non-hydrogen) atoms. The molecule has 0 fully saturated rings. The van der Waals surface area contributed by atoms with Gasteiger partial charge < -0.3 is 14.8 Å². The second kappa shape index (κ2) is 5.65. The Morgan fingerprint density at radius 1 is 1.50 bits per heavy atom. The van der Waals surface area contributed by atoms with E-state index in [4.69, 9.17) is 0 Å². The molecule has 1 aromatic rings. The molecule has 0 aliphatic heterocycles. The first kappa shape index (κ1) is 11.0. The van der Waals surface area contributed by atoms with Crippen molar-refractivity contribution in [2.75, 3.05) is 32.5 Å². The number of nitrogens with zero attached hydrogens (tertiary/aromatic N) is 3. The van der Waals surface area contributed by atoms with Crippen LogP contribution in [-0.2, 0) is 6.54 Å². The van der Waals surface area contributed by atoms with Crippen molar-refractivity contribution >= 4 is 5.95 Å². The van der Waals surface area contributed by atoms with E-state index in [0.29, 0.717) is 0 Å². The third-order valence-corrected chi connectivity index (χ3v) is 2.02. The fourth-order valence-corrected chi connectivity index (χ4v) is 1.29. The van der Waals surface area contributed by atoms with Gasteiger partial charge >= 0.3 is 0 Å². The molecule has 0 amide bonds. The summed E-state index contributed by atoms with van der Waals surface area (Å²) in [5.41, 5.74) is 0. The lowest BCUT2D eigenvalue weighted by Gasteiger charge is -2.12. The molecule has 0 spiro atoms. The van der Waals surface area contributed by atoms with Crippen molar-refractivity contribution in [3.05, 3.63) is 12.4 Å². The Balaban J connectivity index is 2.37. The summed E-state index contributed by atoms with van der Waals surface area (Å²) >= 11 is 0. The number of rotatable bonds is 6. The average molecular weight is 196 g/mol. The molecule has 0 saturated heterocycles.